The molecule has 2 aromatic carbocycles. The predicted octanol–water partition coefficient (Wildman–Crippen LogP) is 3.50. The van der Waals surface area contributed by atoms with Gasteiger partial charge < -0.3 is 10.6 Å². The van der Waals surface area contributed by atoms with Crippen LogP contribution in [0.4, 0.5) is 11.4 Å². The molecule has 1 amide bonds. The summed E-state index contributed by atoms with van der Waals surface area (Å²) in [6, 6.07) is 13.3. The van der Waals surface area contributed by atoms with Crippen LogP contribution < -0.4 is 10.6 Å². The lowest BCUT2D eigenvalue weighted by molar-refractivity contribution is -0.114. The van der Waals surface area contributed by atoms with E-state index in [0.29, 0.717) is 30.0 Å². The van der Waals surface area contributed by atoms with Crippen molar-refractivity contribution in [2.45, 2.75) is 37.5 Å². The van der Waals surface area contributed by atoms with Crippen molar-refractivity contribution in [1.29, 1.82) is 0 Å². The van der Waals surface area contributed by atoms with Gasteiger partial charge in [-0.2, -0.15) is 4.31 Å². The maximum atomic E-state index is 13.0. The summed E-state index contributed by atoms with van der Waals surface area (Å²) >= 11 is 0. The normalized spacial score (nSPS) is 15.2. The Bertz CT molecular complexity index is 1010. The van der Waals surface area contributed by atoms with Gasteiger partial charge in [0.15, 0.2) is 5.78 Å². The third kappa shape index (κ3) is 5.46. The van der Waals surface area contributed by atoms with Crippen molar-refractivity contribution < 1.29 is 18.0 Å². The number of hydrogen-bond acceptors (Lipinski definition) is 5. The van der Waals surface area contributed by atoms with Gasteiger partial charge in [-0.15, -0.1) is 0 Å². The van der Waals surface area contributed by atoms with Crippen LogP contribution in [0.1, 0.15) is 43.0 Å². The molecule has 8 heteroatoms. The third-order valence-electron chi connectivity index (χ3n) is 5.07. The molecule has 0 spiro atoms. The number of hydrogen-bond donors (Lipinski definition) is 2. The lowest BCUT2D eigenvalue weighted by atomic mass is 10.1. The molecule has 2 N–H and O–H groups in total. The van der Waals surface area contributed by atoms with Gasteiger partial charge in [0.2, 0.25) is 15.9 Å². The molecule has 1 aliphatic heterocycles. The smallest absolute Gasteiger partial charge is 0.243 e. The van der Waals surface area contributed by atoms with E-state index in [-0.39, 0.29) is 23.1 Å². The molecule has 7 nitrogen and oxygen atoms in total. The van der Waals surface area contributed by atoms with Crippen LogP contribution in [-0.2, 0) is 14.8 Å². The van der Waals surface area contributed by atoms with Gasteiger partial charge in [0.25, 0.3) is 0 Å². The fourth-order valence-corrected chi connectivity index (χ4v) is 5.04. The summed E-state index contributed by atoms with van der Waals surface area (Å²) in [4.78, 5) is 24.2. The van der Waals surface area contributed by atoms with E-state index < -0.39 is 10.0 Å². The Balaban J connectivity index is 1.65. The van der Waals surface area contributed by atoms with Crippen LogP contribution in [-0.4, -0.2) is 44.0 Å². The number of rotatable bonds is 7. The van der Waals surface area contributed by atoms with E-state index in [4.69, 9.17) is 0 Å². The Morgan fingerprint density at radius 3 is 2.37 bits per heavy atom. The zero-order valence-electron chi connectivity index (χ0n) is 17.1. The van der Waals surface area contributed by atoms with E-state index in [0.717, 1.165) is 25.7 Å². The van der Waals surface area contributed by atoms with Crippen molar-refractivity contribution in [2.24, 2.45) is 0 Å². The van der Waals surface area contributed by atoms with Gasteiger partial charge in [0, 0.05) is 24.3 Å². The minimum absolute atomic E-state index is 0.0561. The summed E-state index contributed by atoms with van der Waals surface area (Å²) in [5.41, 5.74) is 1.44. The Kier molecular flexibility index (Phi) is 7.23. The molecule has 0 aromatic heterocycles. The van der Waals surface area contributed by atoms with Gasteiger partial charge in [-0.05, 0) is 50.1 Å². The summed E-state index contributed by atoms with van der Waals surface area (Å²) in [6.07, 6.45) is 3.85. The summed E-state index contributed by atoms with van der Waals surface area (Å²) in [6.45, 7) is 2.47. The van der Waals surface area contributed by atoms with Gasteiger partial charge in [0.1, 0.15) is 0 Å². The molecule has 0 unspecified atom stereocenters. The van der Waals surface area contributed by atoms with E-state index >= 15 is 0 Å². The largest absolute Gasteiger partial charge is 0.376 e. The number of benzene rings is 2. The molecule has 30 heavy (non-hydrogen) atoms. The highest BCUT2D eigenvalue weighted by atomic mass is 32.2. The second-order valence-electron chi connectivity index (χ2n) is 7.35. The average molecular weight is 430 g/mol. The number of nitrogens with one attached hydrogen (secondary N) is 2. The standard InChI is InChI=1S/C22H27N3O4S/c1-17(26)20-11-4-5-12-21(20)24-22(27)16-23-18-9-8-10-19(15-18)30(28,29)25-13-6-2-3-7-14-25/h4-5,8-12,15,23H,2-3,6-7,13-14,16H2,1H3,(H,24,27). The first kappa shape index (κ1) is 22.0. The minimum Gasteiger partial charge on any atom is -0.376 e. The first-order valence-corrected chi connectivity index (χ1v) is 11.6. The third-order valence-corrected chi connectivity index (χ3v) is 6.96. The van der Waals surface area contributed by atoms with Crippen molar-refractivity contribution in [1.82, 2.24) is 4.31 Å². The number of anilines is 2. The first-order chi connectivity index (χ1) is 14.4. The van der Waals surface area contributed by atoms with E-state index in [1.807, 2.05) is 0 Å². The average Bonchev–Trinajstić information content (AvgIpc) is 3.03. The Labute approximate surface area is 177 Å². The molecule has 1 fully saturated rings. The van der Waals surface area contributed by atoms with Crippen molar-refractivity contribution in [2.75, 3.05) is 30.3 Å². The molecular formula is C22H27N3O4S. The first-order valence-electron chi connectivity index (χ1n) is 10.1. The van der Waals surface area contributed by atoms with E-state index in [1.165, 1.54) is 6.92 Å². The molecule has 0 atom stereocenters. The maximum Gasteiger partial charge on any atom is 0.243 e. The monoisotopic (exact) mass is 429 g/mol. The Morgan fingerprint density at radius 1 is 0.967 bits per heavy atom. The van der Waals surface area contributed by atoms with Crippen molar-refractivity contribution in [3.8, 4) is 0 Å². The number of Topliss-reactive ketones (excluding diaryl/α,β-unsaturated/α-hetero) is 1. The van der Waals surface area contributed by atoms with Crippen LogP contribution >= 0.6 is 0 Å². The number of nitrogens with zero attached hydrogens (tertiary/aromatic N) is 1. The summed E-state index contributed by atoms with van der Waals surface area (Å²) in [5.74, 6) is -0.463. The quantitative estimate of drug-likeness (QED) is 0.657. The Morgan fingerprint density at radius 2 is 1.67 bits per heavy atom. The highest BCUT2D eigenvalue weighted by molar-refractivity contribution is 7.89. The summed E-state index contributed by atoms with van der Waals surface area (Å²) in [7, 11) is -3.55. The number of ketones is 1. The maximum absolute atomic E-state index is 13.0. The minimum atomic E-state index is -3.55. The second-order valence-corrected chi connectivity index (χ2v) is 9.29. The van der Waals surface area contributed by atoms with Crippen LogP contribution in [0.3, 0.4) is 0 Å². The molecule has 3 rings (SSSR count). The van der Waals surface area contributed by atoms with Crippen LogP contribution in [0.2, 0.25) is 0 Å². The second kappa shape index (κ2) is 9.86. The van der Waals surface area contributed by atoms with Crippen molar-refractivity contribution in [3.05, 3.63) is 54.1 Å². The molecule has 2 aromatic rings. The van der Waals surface area contributed by atoms with Gasteiger partial charge in [-0.1, -0.05) is 31.0 Å². The van der Waals surface area contributed by atoms with Crippen molar-refractivity contribution in [3.63, 3.8) is 0 Å². The number of para-hydroxylation sites is 1. The number of carbonyl (C=O) groups is 2. The molecule has 0 saturated carbocycles. The fourth-order valence-electron chi connectivity index (χ4n) is 3.47. The number of carbonyl (C=O) groups excluding carboxylic acids is 2. The number of amides is 1. The molecule has 0 bridgehead atoms. The zero-order chi connectivity index (χ0) is 21.6. The highest BCUT2D eigenvalue weighted by Gasteiger charge is 2.25. The van der Waals surface area contributed by atoms with E-state index in [9.17, 15) is 18.0 Å². The van der Waals surface area contributed by atoms with Crippen LogP contribution in [0.5, 0.6) is 0 Å². The van der Waals surface area contributed by atoms with Crippen LogP contribution in [0, 0.1) is 0 Å². The lowest BCUT2D eigenvalue weighted by Gasteiger charge is -2.20. The van der Waals surface area contributed by atoms with Crippen molar-refractivity contribution >= 4 is 33.1 Å². The molecule has 1 aliphatic rings. The predicted molar refractivity (Wildman–Crippen MR) is 117 cm³/mol. The molecule has 0 radical (unpaired) electrons. The highest BCUT2D eigenvalue weighted by Crippen LogP contribution is 2.23. The van der Waals surface area contributed by atoms with Crippen LogP contribution in [0.25, 0.3) is 0 Å². The Hall–Kier alpha value is -2.71. The summed E-state index contributed by atoms with van der Waals surface area (Å²) in [5, 5.41) is 5.68. The number of sulfonamides is 1. The molecule has 1 saturated heterocycles. The van der Waals surface area contributed by atoms with Gasteiger partial charge in [-0.25, -0.2) is 8.42 Å². The topological polar surface area (TPSA) is 95.6 Å². The molecule has 0 aliphatic carbocycles. The zero-order valence-corrected chi connectivity index (χ0v) is 17.9. The van der Waals surface area contributed by atoms with Crippen LogP contribution in [0.15, 0.2) is 53.4 Å². The summed E-state index contributed by atoms with van der Waals surface area (Å²) < 4.78 is 27.5. The SMILES string of the molecule is CC(=O)c1ccccc1NC(=O)CNc1cccc(S(=O)(=O)N2CCCCCC2)c1. The molecule has 160 valence electrons. The van der Waals surface area contributed by atoms with E-state index in [2.05, 4.69) is 10.6 Å². The van der Waals surface area contributed by atoms with Gasteiger partial charge in [0.05, 0.1) is 17.1 Å². The lowest BCUT2D eigenvalue weighted by Crippen LogP contribution is -2.32. The molecule has 1 heterocycles. The molecular weight excluding hydrogens is 402 g/mol. The van der Waals surface area contributed by atoms with E-state index in [1.54, 1.807) is 52.8 Å². The fraction of sp³-hybridized carbons (Fsp3) is 0.364. The van der Waals surface area contributed by atoms with Gasteiger partial charge in [-0.3, -0.25) is 9.59 Å². The van der Waals surface area contributed by atoms with Gasteiger partial charge >= 0.3 is 0 Å².